The number of benzene rings is 1. The molecule has 0 bridgehead atoms. The van der Waals surface area contributed by atoms with Crippen molar-refractivity contribution in [3.05, 3.63) is 34.9 Å². The molecule has 0 heterocycles. The van der Waals surface area contributed by atoms with E-state index < -0.39 is 6.03 Å². The number of hydrogen-bond donors (Lipinski definition) is 4. The highest BCUT2D eigenvalue weighted by molar-refractivity contribution is 7.99. The van der Waals surface area contributed by atoms with Crippen molar-refractivity contribution in [2.45, 2.75) is 45.4 Å². The van der Waals surface area contributed by atoms with E-state index in [1.54, 1.807) is 48.6 Å². The molecule has 0 spiro atoms. The number of hydrogen-bond acceptors (Lipinski definition) is 6. The topological polar surface area (TPSA) is 116 Å². The van der Waals surface area contributed by atoms with Crippen molar-refractivity contribution in [3.63, 3.8) is 0 Å². The lowest BCUT2D eigenvalue weighted by molar-refractivity contribution is -0.118. The Bertz CT molecular complexity index is 803. The van der Waals surface area contributed by atoms with E-state index >= 15 is 0 Å². The molecule has 1 aromatic rings. The zero-order valence-corrected chi connectivity index (χ0v) is 21.5. The van der Waals surface area contributed by atoms with Crippen LogP contribution < -0.4 is 21.3 Å². The predicted molar refractivity (Wildman–Crippen MR) is 137 cm³/mol. The Hall–Kier alpha value is -2.20. The van der Waals surface area contributed by atoms with E-state index in [4.69, 9.17) is 0 Å². The van der Waals surface area contributed by atoms with Gasteiger partial charge < -0.3 is 21.3 Å². The molecule has 184 valence electrons. The monoisotopic (exact) mass is 496 g/mol. The lowest BCUT2D eigenvalue weighted by Crippen LogP contribution is -2.36. The van der Waals surface area contributed by atoms with E-state index in [1.165, 1.54) is 0 Å². The van der Waals surface area contributed by atoms with Crippen LogP contribution in [0.1, 0.15) is 59.9 Å². The minimum Gasteiger partial charge on any atom is -0.351 e. The van der Waals surface area contributed by atoms with Crippen molar-refractivity contribution in [3.8, 4) is 0 Å². The quantitative estimate of drug-likeness (QED) is 0.278. The molecule has 0 atom stereocenters. The molecule has 0 aliphatic carbocycles. The molecule has 0 saturated heterocycles. The van der Waals surface area contributed by atoms with E-state index in [9.17, 15) is 19.2 Å². The first-order chi connectivity index (χ1) is 15.8. The average molecular weight is 497 g/mol. The lowest BCUT2D eigenvalue weighted by atomic mass is 10.0. The molecule has 0 saturated carbocycles. The summed E-state index contributed by atoms with van der Waals surface area (Å²) in [6, 6.07) is 4.50. The van der Waals surface area contributed by atoms with Gasteiger partial charge in [-0.25, -0.2) is 4.79 Å². The van der Waals surface area contributed by atoms with Crippen LogP contribution in [0.15, 0.2) is 18.2 Å². The zero-order valence-electron chi connectivity index (χ0n) is 19.9. The van der Waals surface area contributed by atoms with Crippen LogP contribution in [0.3, 0.4) is 0 Å². The Labute approximate surface area is 205 Å². The summed E-state index contributed by atoms with van der Waals surface area (Å²) in [6.45, 7) is 7.43. The Morgan fingerprint density at radius 2 is 1.45 bits per heavy atom. The first-order valence-electron chi connectivity index (χ1n) is 11.1. The highest BCUT2D eigenvalue weighted by Gasteiger charge is 2.14. The van der Waals surface area contributed by atoms with Gasteiger partial charge in [0.2, 0.25) is 0 Å². The van der Waals surface area contributed by atoms with Crippen LogP contribution in [0.2, 0.25) is 0 Å². The normalized spacial score (nSPS) is 10.6. The summed E-state index contributed by atoms with van der Waals surface area (Å²) in [5, 5.41) is 11.6. The summed E-state index contributed by atoms with van der Waals surface area (Å²) in [7, 11) is 0. The van der Waals surface area contributed by atoms with Crippen molar-refractivity contribution < 1.29 is 19.2 Å². The Morgan fingerprint density at radius 3 is 2.00 bits per heavy atom. The summed E-state index contributed by atoms with van der Waals surface area (Å²) < 4.78 is 0. The van der Waals surface area contributed by atoms with Crippen molar-refractivity contribution >= 4 is 47.2 Å². The standard InChI is InChI=1S/C23H36N4O4S2/c1-5-20(28)6-7-26-23(31)27-15-17-12-18(21(29)24-8-10-32-4)14-19(13-17)22(30)25-9-11-33-16(2)3/h12-14,16H,5-11,15H2,1-4H3,(H,24,29)(H,25,30)(H2,26,27,31). The number of urea groups is 1. The Balaban J connectivity index is 2.82. The van der Waals surface area contributed by atoms with Crippen LogP contribution >= 0.6 is 23.5 Å². The van der Waals surface area contributed by atoms with Crippen molar-refractivity contribution in [1.82, 2.24) is 21.3 Å². The average Bonchev–Trinajstić information content (AvgIpc) is 2.79. The van der Waals surface area contributed by atoms with Gasteiger partial charge in [0, 0.05) is 61.7 Å². The number of carbonyl (C=O) groups is 4. The van der Waals surface area contributed by atoms with Crippen LogP contribution in [0.5, 0.6) is 0 Å². The van der Waals surface area contributed by atoms with Gasteiger partial charge in [-0.3, -0.25) is 14.4 Å². The maximum absolute atomic E-state index is 12.7. The van der Waals surface area contributed by atoms with E-state index in [0.29, 0.717) is 41.5 Å². The third-order valence-corrected chi connectivity index (χ3v) is 6.20. The molecule has 0 aromatic heterocycles. The highest BCUT2D eigenvalue weighted by atomic mass is 32.2. The fourth-order valence-electron chi connectivity index (χ4n) is 2.72. The van der Waals surface area contributed by atoms with Crippen LogP contribution in [0.25, 0.3) is 0 Å². The van der Waals surface area contributed by atoms with Gasteiger partial charge >= 0.3 is 6.03 Å². The third kappa shape index (κ3) is 12.6. The minimum atomic E-state index is -0.412. The predicted octanol–water partition coefficient (Wildman–Crippen LogP) is 2.82. The molecule has 0 radical (unpaired) electrons. The number of amides is 4. The second-order valence-corrected chi connectivity index (χ2v) is 10.3. The first kappa shape index (κ1) is 28.8. The molecule has 33 heavy (non-hydrogen) atoms. The molecule has 0 unspecified atom stereocenters. The molecule has 8 nitrogen and oxygen atoms in total. The smallest absolute Gasteiger partial charge is 0.315 e. The molecule has 4 N–H and O–H groups in total. The van der Waals surface area contributed by atoms with E-state index in [0.717, 1.165) is 11.5 Å². The fourth-order valence-corrected chi connectivity index (χ4v) is 3.72. The van der Waals surface area contributed by atoms with Crippen molar-refractivity contribution in [1.29, 1.82) is 0 Å². The van der Waals surface area contributed by atoms with Crippen LogP contribution in [0.4, 0.5) is 4.79 Å². The molecule has 0 aliphatic heterocycles. The fraction of sp³-hybridized carbons (Fsp3) is 0.565. The number of nitrogens with one attached hydrogen (secondary N) is 4. The number of carbonyl (C=O) groups excluding carboxylic acids is 4. The lowest BCUT2D eigenvalue weighted by Gasteiger charge is -2.12. The number of Topliss-reactive ketones (excluding diaryl/α,β-unsaturated/α-hetero) is 1. The molecule has 0 fully saturated rings. The summed E-state index contributed by atoms with van der Waals surface area (Å²) >= 11 is 3.38. The van der Waals surface area contributed by atoms with Crippen LogP contribution in [-0.2, 0) is 11.3 Å². The van der Waals surface area contributed by atoms with Gasteiger partial charge in [-0.05, 0) is 35.3 Å². The molecular formula is C23H36N4O4S2. The van der Waals surface area contributed by atoms with Gasteiger partial charge in [-0.1, -0.05) is 20.8 Å². The molecule has 1 aromatic carbocycles. The molecular weight excluding hydrogens is 460 g/mol. The molecule has 4 amide bonds. The second-order valence-electron chi connectivity index (χ2n) is 7.59. The van der Waals surface area contributed by atoms with Gasteiger partial charge in [0.15, 0.2) is 0 Å². The number of thioether (sulfide) groups is 2. The van der Waals surface area contributed by atoms with Gasteiger partial charge in [0.1, 0.15) is 5.78 Å². The van der Waals surface area contributed by atoms with Crippen molar-refractivity contribution in [2.75, 3.05) is 37.4 Å². The zero-order chi connectivity index (χ0) is 24.6. The Kier molecular flexibility index (Phi) is 14.3. The van der Waals surface area contributed by atoms with Gasteiger partial charge in [-0.2, -0.15) is 23.5 Å². The molecule has 10 heteroatoms. The maximum Gasteiger partial charge on any atom is 0.315 e. The number of rotatable bonds is 15. The molecule has 0 aliphatic rings. The second kappa shape index (κ2) is 16.4. The maximum atomic E-state index is 12.7. The van der Waals surface area contributed by atoms with Gasteiger partial charge in [0.05, 0.1) is 0 Å². The SMILES string of the molecule is CCC(=O)CCNC(=O)NCc1cc(C(=O)NCCSC)cc(C(=O)NCCSC(C)C)c1. The van der Waals surface area contributed by atoms with E-state index in [1.807, 2.05) is 6.26 Å². The van der Waals surface area contributed by atoms with E-state index in [-0.39, 0.29) is 37.1 Å². The first-order valence-corrected chi connectivity index (χ1v) is 13.5. The van der Waals surface area contributed by atoms with Crippen LogP contribution in [-0.4, -0.2) is 66.3 Å². The van der Waals surface area contributed by atoms with Gasteiger partial charge in [-0.15, -0.1) is 0 Å². The summed E-state index contributed by atoms with van der Waals surface area (Å²) in [4.78, 5) is 48.6. The van der Waals surface area contributed by atoms with E-state index in [2.05, 4.69) is 35.1 Å². The largest absolute Gasteiger partial charge is 0.351 e. The number of ketones is 1. The van der Waals surface area contributed by atoms with Crippen LogP contribution in [0, 0.1) is 0 Å². The van der Waals surface area contributed by atoms with Gasteiger partial charge in [0.25, 0.3) is 11.8 Å². The summed E-state index contributed by atoms with van der Waals surface area (Å²) in [5.41, 5.74) is 1.37. The summed E-state index contributed by atoms with van der Waals surface area (Å²) in [5.74, 6) is 1.14. The minimum absolute atomic E-state index is 0.0814. The Morgan fingerprint density at radius 1 is 0.848 bits per heavy atom. The highest BCUT2D eigenvalue weighted by Crippen LogP contribution is 2.12. The third-order valence-electron chi connectivity index (χ3n) is 4.48. The van der Waals surface area contributed by atoms with Crippen molar-refractivity contribution in [2.24, 2.45) is 0 Å². The molecule has 1 rings (SSSR count). The summed E-state index contributed by atoms with van der Waals surface area (Å²) in [6.07, 6.45) is 2.69.